The van der Waals surface area contributed by atoms with E-state index < -0.39 is 0 Å². The lowest BCUT2D eigenvalue weighted by atomic mass is 9.89. The number of rotatable bonds is 1. The summed E-state index contributed by atoms with van der Waals surface area (Å²) in [6.45, 7) is 6.65. The van der Waals surface area contributed by atoms with Crippen LogP contribution in [0.25, 0.3) is 6.08 Å². The highest BCUT2D eigenvalue weighted by Gasteiger charge is 2.20. The molecule has 0 N–H and O–H groups in total. The van der Waals surface area contributed by atoms with Crippen LogP contribution in [-0.2, 0) is 0 Å². The minimum absolute atomic E-state index is 0.682. The second-order valence-corrected chi connectivity index (χ2v) is 4.61. The molecule has 2 rings (SSSR count). The lowest BCUT2D eigenvalue weighted by molar-refractivity contribution is 0.736. The highest BCUT2D eigenvalue weighted by Crippen LogP contribution is 2.38. The van der Waals surface area contributed by atoms with Gasteiger partial charge in [0, 0.05) is 10.4 Å². The fourth-order valence-corrected chi connectivity index (χ4v) is 2.82. The van der Waals surface area contributed by atoms with Crippen molar-refractivity contribution in [1.82, 2.24) is 4.37 Å². The highest BCUT2D eigenvalue weighted by molar-refractivity contribution is 7.06. The van der Waals surface area contributed by atoms with Gasteiger partial charge in [0.05, 0.1) is 5.69 Å². The molecule has 2 heteroatoms. The Morgan fingerprint density at radius 3 is 3.08 bits per heavy atom. The summed E-state index contributed by atoms with van der Waals surface area (Å²) in [6, 6.07) is 0. The number of hydrogen-bond acceptors (Lipinski definition) is 2. The topological polar surface area (TPSA) is 12.9 Å². The van der Waals surface area contributed by atoms with Gasteiger partial charge in [-0.3, -0.25) is 0 Å². The molecule has 1 aromatic rings. The van der Waals surface area contributed by atoms with E-state index >= 15 is 0 Å². The van der Waals surface area contributed by atoms with Gasteiger partial charge in [-0.1, -0.05) is 25.5 Å². The molecule has 1 heterocycles. The van der Waals surface area contributed by atoms with Crippen LogP contribution in [0.3, 0.4) is 0 Å². The summed E-state index contributed by atoms with van der Waals surface area (Å²) in [4.78, 5) is 1.48. The highest BCUT2D eigenvalue weighted by atomic mass is 32.1. The lowest BCUT2D eigenvalue weighted by Gasteiger charge is -2.18. The fourth-order valence-electron chi connectivity index (χ4n) is 1.92. The van der Waals surface area contributed by atoms with E-state index in [1.165, 1.54) is 29.0 Å². The SMILES string of the molecule is CCC1=Cc2c(C)nsc2C(C)C1. The maximum absolute atomic E-state index is 4.41. The van der Waals surface area contributed by atoms with E-state index in [2.05, 4.69) is 31.2 Å². The number of aryl methyl sites for hydroxylation is 1. The predicted octanol–water partition coefficient (Wildman–Crippen LogP) is 3.75. The summed E-state index contributed by atoms with van der Waals surface area (Å²) in [7, 11) is 0. The summed E-state index contributed by atoms with van der Waals surface area (Å²) in [5.74, 6) is 0.682. The van der Waals surface area contributed by atoms with Crippen molar-refractivity contribution in [2.45, 2.75) is 39.5 Å². The van der Waals surface area contributed by atoms with Crippen molar-refractivity contribution in [2.75, 3.05) is 0 Å². The number of fused-ring (bicyclic) bond motifs is 1. The Labute approximate surface area is 83.7 Å². The van der Waals surface area contributed by atoms with Crippen molar-refractivity contribution in [1.29, 1.82) is 0 Å². The molecule has 0 saturated heterocycles. The first-order valence-electron chi connectivity index (χ1n) is 4.88. The molecule has 13 heavy (non-hydrogen) atoms. The van der Waals surface area contributed by atoms with Crippen molar-refractivity contribution in [3.8, 4) is 0 Å². The molecule has 0 radical (unpaired) electrons. The minimum atomic E-state index is 0.682. The molecule has 1 aromatic heterocycles. The molecule has 1 unspecified atom stereocenters. The summed E-state index contributed by atoms with van der Waals surface area (Å²) in [6.07, 6.45) is 4.75. The number of nitrogens with zero attached hydrogens (tertiary/aromatic N) is 1. The van der Waals surface area contributed by atoms with Crippen LogP contribution in [0.4, 0.5) is 0 Å². The Morgan fingerprint density at radius 2 is 2.38 bits per heavy atom. The van der Waals surface area contributed by atoms with Crippen molar-refractivity contribution < 1.29 is 0 Å². The van der Waals surface area contributed by atoms with Gasteiger partial charge in [-0.2, -0.15) is 4.37 Å². The predicted molar refractivity (Wildman–Crippen MR) is 58.2 cm³/mol. The summed E-state index contributed by atoms with van der Waals surface area (Å²) >= 11 is 1.68. The number of allylic oxidation sites excluding steroid dienone is 1. The van der Waals surface area contributed by atoms with E-state index in [4.69, 9.17) is 0 Å². The molecule has 0 fully saturated rings. The first-order chi connectivity index (χ1) is 6.22. The van der Waals surface area contributed by atoms with Gasteiger partial charge >= 0.3 is 0 Å². The van der Waals surface area contributed by atoms with Crippen molar-refractivity contribution in [3.05, 3.63) is 21.7 Å². The van der Waals surface area contributed by atoms with Crippen LogP contribution in [0.2, 0.25) is 0 Å². The van der Waals surface area contributed by atoms with Gasteiger partial charge in [-0.15, -0.1) is 0 Å². The third kappa shape index (κ3) is 1.44. The van der Waals surface area contributed by atoms with Crippen LogP contribution < -0.4 is 0 Å². The average Bonchev–Trinajstić information content (AvgIpc) is 2.48. The molecule has 0 saturated carbocycles. The summed E-state index contributed by atoms with van der Waals surface area (Å²) < 4.78 is 4.41. The third-order valence-corrected chi connectivity index (χ3v) is 3.94. The van der Waals surface area contributed by atoms with E-state index in [1.54, 1.807) is 17.1 Å². The third-order valence-electron chi connectivity index (χ3n) is 2.75. The van der Waals surface area contributed by atoms with Crippen molar-refractivity contribution >= 4 is 17.6 Å². The Balaban J connectivity index is 2.49. The van der Waals surface area contributed by atoms with E-state index in [0.29, 0.717) is 5.92 Å². The zero-order valence-electron chi connectivity index (χ0n) is 8.42. The normalized spacial score (nSPS) is 21.2. The second-order valence-electron chi connectivity index (χ2n) is 3.81. The van der Waals surface area contributed by atoms with Gasteiger partial charge in [-0.25, -0.2) is 0 Å². The molecule has 70 valence electrons. The molecular weight excluding hydrogens is 178 g/mol. The Hall–Kier alpha value is -0.630. The molecular formula is C11H15NS. The number of hydrogen-bond donors (Lipinski definition) is 0. The van der Waals surface area contributed by atoms with Gasteiger partial charge in [0.1, 0.15) is 0 Å². The molecule has 0 aromatic carbocycles. The van der Waals surface area contributed by atoms with Gasteiger partial charge < -0.3 is 0 Å². The van der Waals surface area contributed by atoms with E-state index in [1.807, 2.05) is 0 Å². The zero-order valence-corrected chi connectivity index (χ0v) is 9.24. The van der Waals surface area contributed by atoms with Gasteiger partial charge in [-0.05, 0) is 37.2 Å². The van der Waals surface area contributed by atoms with E-state index in [0.717, 1.165) is 0 Å². The standard InChI is InChI=1S/C11H15NS/c1-4-9-5-7(2)11-10(6-9)8(3)12-13-11/h6-7H,4-5H2,1-3H3. The molecule has 1 aliphatic rings. The van der Waals surface area contributed by atoms with Crippen LogP contribution in [0.15, 0.2) is 5.57 Å². The van der Waals surface area contributed by atoms with Gasteiger partial charge in [0.25, 0.3) is 0 Å². The average molecular weight is 193 g/mol. The van der Waals surface area contributed by atoms with Crippen LogP contribution in [0.1, 0.15) is 48.7 Å². The quantitative estimate of drug-likeness (QED) is 0.662. The smallest absolute Gasteiger partial charge is 0.0586 e. The molecule has 1 nitrogen and oxygen atoms in total. The Kier molecular flexibility index (Phi) is 2.24. The fraction of sp³-hybridized carbons (Fsp3) is 0.545. The van der Waals surface area contributed by atoms with Crippen LogP contribution >= 0.6 is 11.5 Å². The first-order valence-corrected chi connectivity index (χ1v) is 5.65. The molecule has 0 amide bonds. The Bertz CT molecular complexity index is 349. The zero-order chi connectivity index (χ0) is 9.42. The summed E-state index contributed by atoms with van der Waals surface area (Å²) in [5.41, 5.74) is 4.18. The molecule has 0 spiro atoms. The maximum Gasteiger partial charge on any atom is 0.0586 e. The summed E-state index contributed by atoms with van der Waals surface area (Å²) in [5, 5.41) is 0. The van der Waals surface area contributed by atoms with Crippen molar-refractivity contribution in [3.63, 3.8) is 0 Å². The van der Waals surface area contributed by atoms with Crippen LogP contribution in [0.5, 0.6) is 0 Å². The van der Waals surface area contributed by atoms with Crippen LogP contribution in [-0.4, -0.2) is 4.37 Å². The first kappa shape index (κ1) is 8.95. The van der Waals surface area contributed by atoms with Crippen molar-refractivity contribution in [2.24, 2.45) is 0 Å². The maximum atomic E-state index is 4.41. The molecule has 0 bridgehead atoms. The monoisotopic (exact) mass is 193 g/mol. The van der Waals surface area contributed by atoms with Crippen LogP contribution in [0, 0.1) is 6.92 Å². The minimum Gasteiger partial charge on any atom is -0.197 e. The molecule has 1 atom stereocenters. The molecule has 0 aliphatic heterocycles. The molecule has 1 aliphatic carbocycles. The Morgan fingerprint density at radius 1 is 1.62 bits per heavy atom. The number of aromatic nitrogens is 1. The lowest BCUT2D eigenvalue weighted by Crippen LogP contribution is -2.01. The second kappa shape index (κ2) is 3.26. The van der Waals surface area contributed by atoms with Gasteiger partial charge in [0.15, 0.2) is 0 Å². The largest absolute Gasteiger partial charge is 0.197 e. The van der Waals surface area contributed by atoms with E-state index in [-0.39, 0.29) is 0 Å². The van der Waals surface area contributed by atoms with E-state index in [9.17, 15) is 0 Å². The van der Waals surface area contributed by atoms with Gasteiger partial charge in [0.2, 0.25) is 0 Å².